The molecule has 62 valence electrons. The number of rotatable bonds is 1. The molecule has 0 spiro atoms. The van der Waals surface area contributed by atoms with Gasteiger partial charge in [-0.2, -0.15) is 8.42 Å². The van der Waals surface area contributed by atoms with Crippen LogP contribution in [0.15, 0.2) is 35.2 Å². The van der Waals surface area contributed by atoms with E-state index >= 15 is 0 Å². The van der Waals surface area contributed by atoms with Gasteiger partial charge in [0.25, 0.3) is 10.1 Å². The van der Waals surface area contributed by atoms with Gasteiger partial charge in [0.15, 0.2) is 0 Å². The van der Waals surface area contributed by atoms with Crippen molar-refractivity contribution in [2.24, 2.45) is 0 Å². The molecule has 0 heterocycles. The van der Waals surface area contributed by atoms with Crippen LogP contribution >= 0.6 is 0 Å². The molecular formula is C7H9NaO3S. The standard InChI is InChI=1S/C6H6O3S.CH3.Na/c7-10(8,9)6-4-2-1-3-5-6;;/h1-5H,(H,7,8,9);1H3;/q;-1;+1. The first kappa shape index (κ1) is 14.6. The minimum atomic E-state index is -4.00. The van der Waals surface area contributed by atoms with Crippen molar-refractivity contribution >= 4 is 10.1 Å². The molecule has 12 heavy (non-hydrogen) atoms. The molecule has 0 aliphatic heterocycles. The van der Waals surface area contributed by atoms with Crippen LogP contribution in [-0.2, 0) is 10.1 Å². The van der Waals surface area contributed by atoms with Crippen molar-refractivity contribution in [1.82, 2.24) is 0 Å². The second-order valence-corrected chi connectivity index (χ2v) is 3.21. The van der Waals surface area contributed by atoms with E-state index in [-0.39, 0.29) is 41.9 Å². The van der Waals surface area contributed by atoms with Gasteiger partial charge < -0.3 is 7.43 Å². The Morgan fingerprint density at radius 1 is 1.08 bits per heavy atom. The second kappa shape index (κ2) is 5.72. The van der Waals surface area contributed by atoms with E-state index in [0.717, 1.165) is 0 Å². The van der Waals surface area contributed by atoms with Crippen LogP contribution in [0.3, 0.4) is 0 Å². The zero-order valence-corrected chi connectivity index (χ0v) is 9.88. The first-order valence-electron chi connectivity index (χ1n) is 2.63. The minimum absolute atomic E-state index is 0. The van der Waals surface area contributed by atoms with Gasteiger partial charge in [-0.3, -0.25) is 4.55 Å². The summed E-state index contributed by atoms with van der Waals surface area (Å²) in [4.78, 5) is -0.0741. The minimum Gasteiger partial charge on any atom is -0.358 e. The molecule has 0 aromatic heterocycles. The molecule has 1 rings (SSSR count). The average molecular weight is 196 g/mol. The zero-order chi connectivity index (χ0) is 7.61. The first-order chi connectivity index (χ1) is 4.61. The van der Waals surface area contributed by atoms with Crippen molar-refractivity contribution in [2.75, 3.05) is 0 Å². The summed E-state index contributed by atoms with van der Waals surface area (Å²) in [6.07, 6.45) is 0. The summed E-state index contributed by atoms with van der Waals surface area (Å²) in [7, 11) is -4.00. The molecule has 0 aliphatic rings. The third-order valence-electron chi connectivity index (χ3n) is 1.04. The van der Waals surface area contributed by atoms with Gasteiger partial charge in [-0.25, -0.2) is 0 Å². The molecule has 0 fully saturated rings. The molecule has 0 amide bonds. The second-order valence-electron chi connectivity index (χ2n) is 1.79. The van der Waals surface area contributed by atoms with E-state index in [2.05, 4.69) is 0 Å². The molecule has 1 N–H and O–H groups in total. The van der Waals surface area contributed by atoms with Crippen LogP contribution in [0.25, 0.3) is 0 Å². The maximum absolute atomic E-state index is 10.4. The summed E-state index contributed by atoms with van der Waals surface area (Å²) < 4.78 is 29.2. The van der Waals surface area contributed by atoms with Crippen molar-refractivity contribution in [3.63, 3.8) is 0 Å². The molecule has 0 atom stereocenters. The zero-order valence-electron chi connectivity index (χ0n) is 7.06. The predicted octanol–water partition coefficient (Wildman–Crippen LogP) is -1.61. The normalized spacial score (nSPS) is 9.42. The Balaban J connectivity index is 0. The van der Waals surface area contributed by atoms with Crippen LogP contribution in [-0.4, -0.2) is 13.0 Å². The third-order valence-corrected chi connectivity index (χ3v) is 1.91. The van der Waals surface area contributed by atoms with E-state index < -0.39 is 10.1 Å². The largest absolute Gasteiger partial charge is 1.00 e. The molecule has 0 saturated carbocycles. The topological polar surface area (TPSA) is 54.4 Å². The van der Waals surface area contributed by atoms with Crippen molar-refractivity contribution in [2.45, 2.75) is 4.90 Å². The van der Waals surface area contributed by atoms with Crippen molar-refractivity contribution in [1.29, 1.82) is 0 Å². The van der Waals surface area contributed by atoms with Gasteiger partial charge in [0.2, 0.25) is 0 Å². The summed E-state index contributed by atoms with van der Waals surface area (Å²) in [5.74, 6) is 0. The molecule has 0 unspecified atom stereocenters. The fraction of sp³-hybridized carbons (Fsp3) is 0. The van der Waals surface area contributed by atoms with E-state index in [1.54, 1.807) is 18.2 Å². The monoisotopic (exact) mass is 196 g/mol. The Morgan fingerprint density at radius 2 is 1.50 bits per heavy atom. The quantitative estimate of drug-likeness (QED) is 0.334. The van der Waals surface area contributed by atoms with Gasteiger partial charge in [-0.1, -0.05) is 18.2 Å². The van der Waals surface area contributed by atoms with Gasteiger partial charge in [0, 0.05) is 0 Å². The van der Waals surface area contributed by atoms with Gasteiger partial charge in [0.1, 0.15) is 0 Å². The molecule has 5 heteroatoms. The molecule has 0 bridgehead atoms. The summed E-state index contributed by atoms with van der Waals surface area (Å²) in [6, 6.07) is 7.42. The Morgan fingerprint density at radius 3 is 1.75 bits per heavy atom. The van der Waals surface area contributed by atoms with Gasteiger partial charge in [-0.05, 0) is 12.1 Å². The van der Waals surface area contributed by atoms with Crippen LogP contribution in [0.5, 0.6) is 0 Å². The maximum atomic E-state index is 10.4. The molecule has 0 aliphatic carbocycles. The third kappa shape index (κ3) is 4.23. The first-order valence-corrected chi connectivity index (χ1v) is 4.07. The van der Waals surface area contributed by atoms with Crippen LogP contribution in [0, 0.1) is 7.43 Å². The fourth-order valence-electron chi connectivity index (χ4n) is 0.592. The Bertz CT molecular complexity index is 307. The Labute approximate surface area is 94.8 Å². The SMILES string of the molecule is O=S(=O)(O)c1ccccc1.[CH3-].[Na+]. The van der Waals surface area contributed by atoms with Gasteiger partial charge >= 0.3 is 29.6 Å². The fourth-order valence-corrected chi connectivity index (χ4v) is 1.09. The van der Waals surface area contributed by atoms with Crippen molar-refractivity contribution < 1.29 is 42.5 Å². The van der Waals surface area contributed by atoms with Crippen molar-refractivity contribution in [3.8, 4) is 0 Å². The maximum Gasteiger partial charge on any atom is 1.00 e. The Hall–Kier alpha value is 0.130. The smallest absolute Gasteiger partial charge is 0.358 e. The molecule has 0 radical (unpaired) electrons. The van der Waals surface area contributed by atoms with Crippen LogP contribution in [0.4, 0.5) is 0 Å². The van der Waals surface area contributed by atoms with Crippen molar-refractivity contribution in [3.05, 3.63) is 37.8 Å². The van der Waals surface area contributed by atoms with Crippen LogP contribution in [0.1, 0.15) is 0 Å². The summed E-state index contributed by atoms with van der Waals surface area (Å²) in [5.41, 5.74) is 0. The molecule has 0 saturated heterocycles. The number of benzene rings is 1. The van der Waals surface area contributed by atoms with Gasteiger partial charge in [-0.15, -0.1) is 0 Å². The van der Waals surface area contributed by atoms with Crippen LogP contribution in [0.2, 0.25) is 0 Å². The Kier molecular flexibility index (Phi) is 6.98. The van der Waals surface area contributed by atoms with Gasteiger partial charge in [0.05, 0.1) is 4.90 Å². The number of hydrogen-bond acceptors (Lipinski definition) is 2. The molecule has 1 aromatic carbocycles. The molecule has 1 aromatic rings. The summed E-state index contributed by atoms with van der Waals surface area (Å²) in [5, 5.41) is 0. The predicted molar refractivity (Wildman–Crippen MR) is 42.7 cm³/mol. The summed E-state index contributed by atoms with van der Waals surface area (Å²) in [6.45, 7) is 0. The average Bonchev–Trinajstić information content (AvgIpc) is 1.88. The number of hydrogen-bond donors (Lipinski definition) is 1. The van der Waals surface area contributed by atoms with Crippen LogP contribution < -0.4 is 29.6 Å². The van der Waals surface area contributed by atoms with E-state index in [9.17, 15) is 8.42 Å². The molecular weight excluding hydrogens is 187 g/mol. The van der Waals surface area contributed by atoms with E-state index in [0.29, 0.717) is 0 Å². The van der Waals surface area contributed by atoms with E-state index in [1.807, 2.05) is 0 Å². The summed E-state index contributed by atoms with van der Waals surface area (Å²) >= 11 is 0. The van der Waals surface area contributed by atoms with E-state index in [4.69, 9.17) is 4.55 Å². The molecule has 3 nitrogen and oxygen atoms in total. The van der Waals surface area contributed by atoms with E-state index in [1.165, 1.54) is 12.1 Å².